The van der Waals surface area contributed by atoms with Gasteiger partial charge in [-0.1, -0.05) is 18.2 Å². The molecular weight excluding hydrogens is 393 g/mol. The first-order valence-corrected chi connectivity index (χ1v) is 8.36. The van der Waals surface area contributed by atoms with Gasteiger partial charge in [-0.3, -0.25) is 14.5 Å². The van der Waals surface area contributed by atoms with Crippen LogP contribution in [0.1, 0.15) is 12.0 Å². The summed E-state index contributed by atoms with van der Waals surface area (Å²) in [4.78, 5) is 29.0. The van der Waals surface area contributed by atoms with E-state index in [9.17, 15) is 9.59 Å². The molecule has 1 aliphatic heterocycles. The Labute approximate surface area is 142 Å². The van der Waals surface area contributed by atoms with Crippen LogP contribution in [0.2, 0.25) is 0 Å². The number of aromatic amines is 1. The van der Waals surface area contributed by atoms with Gasteiger partial charge in [0.2, 0.25) is 9.70 Å². The molecule has 6 heteroatoms. The molecular formula is C16H18IN3O2. The average molecular weight is 411 g/mol. The third-order valence-electron chi connectivity index (χ3n) is 4.20. The molecule has 1 aliphatic rings. The van der Waals surface area contributed by atoms with Gasteiger partial charge in [0.05, 0.1) is 12.5 Å². The van der Waals surface area contributed by atoms with Crippen molar-refractivity contribution < 1.29 is 9.59 Å². The Morgan fingerprint density at radius 3 is 2.91 bits per heavy atom. The molecule has 0 unspecified atom stereocenters. The van der Waals surface area contributed by atoms with E-state index >= 15 is 0 Å². The van der Waals surface area contributed by atoms with Gasteiger partial charge in [-0.25, -0.2) is 0 Å². The number of amides is 1. The van der Waals surface area contributed by atoms with Gasteiger partial charge in [0.25, 0.3) is 0 Å². The number of aromatic nitrogens is 1. The molecule has 0 radical (unpaired) electrons. The van der Waals surface area contributed by atoms with Crippen molar-refractivity contribution >= 4 is 43.2 Å². The van der Waals surface area contributed by atoms with Crippen molar-refractivity contribution in [3.8, 4) is 0 Å². The zero-order chi connectivity index (χ0) is 15.7. The molecule has 1 aromatic carbocycles. The lowest BCUT2D eigenvalue weighted by Crippen LogP contribution is -2.37. The number of hydrogen-bond acceptors (Lipinski definition) is 3. The molecule has 2 N–H and O–H groups in total. The standard InChI is InChI=1S/C16H18IN3O2/c1-20-9-11(7-14(20)16(17)22)19-15(21)6-10-8-18-13-5-3-2-4-12(10)13/h2-5,8,11,14,18H,6-7,9H2,1H3,(H,19,21)/t11-,14-/m1/s1. The quantitative estimate of drug-likeness (QED) is 0.597. The summed E-state index contributed by atoms with van der Waals surface area (Å²) in [5.41, 5.74) is 2.04. The fraction of sp³-hybridized carbons (Fsp3) is 0.375. The van der Waals surface area contributed by atoms with Crippen LogP contribution in [0.25, 0.3) is 10.9 Å². The first-order chi connectivity index (χ1) is 10.5. The number of nitrogens with zero attached hydrogens (tertiary/aromatic N) is 1. The lowest BCUT2D eigenvalue weighted by Gasteiger charge is -2.14. The van der Waals surface area contributed by atoms with E-state index in [1.807, 2.05) is 65.0 Å². The molecule has 1 fully saturated rings. The highest BCUT2D eigenvalue weighted by Crippen LogP contribution is 2.20. The first-order valence-electron chi connectivity index (χ1n) is 7.28. The third kappa shape index (κ3) is 3.17. The topological polar surface area (TPSA) is 65.2 Å². The summed E-state index contributed by atoms with van der Waals surface area (Å²) in [6.45, 7) is 0.721. The number of nitrogens with one attached hydrogen (secondary N) is 2. The van der Waals surface area contributed by atoms with Crippen LogP contribution in [0.5, 0.6) is 0 Å². The maximum atomic E-state index is 12.3. The molecule has 0 aliphatic carbocycles. The molecule has 2 heterocycles. The largest absolute Gasteiger partial charge is 0.361 e. The summed E-state index contributed by atoms with van der Waals surface area (Å²) in [6.07, 6.45) is 2.94. The first kappa shape index (κ1) is 15.5. The Morgan fingerprint density at radius 2 is 2.18 bits per heavy atom. The molecule has 0 saturated carbocycles. The highest BCUT2D eigenvalue weighted by molar-refractivity contribution is 14.1. The summed E-state index contributed by atoms with van der Waals surface area (Å²) in [6, 6.07) is 7.92. The van der Waals surface area contributed by atoms with Crippen molar-refractivity contribution in [1.82, 2.24) is 15.2 Å². The molecule has 3 rings (SSSR count). The summed E-state index contributed by atoms with van der Waals surface area (Å²) in [7, 11) is 1.92. The van der Waals surface area contributed by atoms with Gasteiger partial charge in [-0.15, -0.1) is 0 Å². The number of likely N-dealkylation sites (tertiary alicyclic amines) is 1. The van der Waals surface area contributed by atoms with E-state index in [-0.39, 0.29) is 21.8 Å². The minimum absolute atomic E-state index is 0.00436. The van der Waals surface area contributed by atoms with Gasteiger partial charge >= 0.3 is 0 Å². The van der Waals surface area contributed by atoms with Crippen molar-refractivity contribution in [2.45, 2.75) is 24.9 Å². The minimum atomic E-state index is -0.0843. The predicted octanol–water partition coefficient (Wildman–Crippen LogP) is 1.86. The number of carbonyl (C=O) groups is 2. The van der Waals surface area contributed by atoms with Gasteiger partial charge in [0, 0.05) is 52.3 Å². The summed E-state index contributed by atoms with van der Waals surface area (Å²) < 4.78 is 0.133. The van der Waals surface area contributed by atoms with Crippen LogP contribution in [0.4, 0.5) is 0 Å². The molecule has 2 atom stereocenters. The molecule has 22 heavy (non-hydrogen) atoms. The highest BCUT2D eigenvalue weighted by Gasteiger charge is 2.33. The van der Waals surface area contributed by atoms with E-state index in [0.29, 0.717) is 12.8 Å². The summed E-state index contributed by atoms with van der Waals surface area (Å²) in [5.74, 6) is 0.00436. The average Bonchev–Trinajstić information content (AvgIpc) is 3.03. The van der Waals surface area contributed by atoms with Crippen molar-refractivity contribution in [3.05, 3.63) is 36.0 Å². The minimum Gasteiger partial charge on any atom is -0.361 e. The van der Waals surface area contributed by atoms with Crippen LogP contribution in [0.15, 0.2) is 30.5 Å². The number of carbonyl (C=O) groups excluding carboxylic acids is 2. The molecule has 1 saturated heterocycles. The van der Waals surface area contributed by atoms with Gasteiger partial charge in [-0.2, -0.15) is 0 Å². The van der Waals surface area contributed by atoms with Crippen LogP contribution in [-0.2, 0) is 16.0 Å². The van der Waals surface area contributed by atoms with Crippen molar-refractivity contribution in [1.29, 1.82) is 0 Å². The van der Waals surface area contributed by atoms with Crippen LogP contribution in [-0.4, -0.2) is 45.3 Å². The number of benzene rings is 1. The molecule has 116 valence electrons. The molecule has 5 nitrogen and oxygen atoms in total. The van der Waals surface area contributed by atoms with Gasteiger partial charge in [-0.05, 0) is 25.1 Å². The van der Waals surface area contributed by atoms with Gasteiger partial charge in [0.15, 0.2) is 0 Å². The van der Waals surface area contributed by atoms with E-state index in [2.05, 4.69) is 10.3 Å². The van der Waals surface area contributed by atoms with Gasteiger partial charge in [0.1, 0.15) is 0 Å². The number of hydrogen-bond donors (Lipinski definition) is 2. The van der Waals surface area contributed by atoms with E-state index in [1.165, 1.54) is 0 Å². The van der Waals surface area contributed by atoms with Crippen LogP contribution in [0, 0.1) is 0 Å². The Kier molecular flexibility index (Phi) is 4.49. The molecule has 0 spiro atoms. The maximum Gasteiger partial charge on any atom is 0.224 e. The monoisotopic (exact) mass is 411 g/mol. The lowest BCUT2D eigenvalue weighted by atomic mass is 10.1. The number of H-pyrrole nitrogens is 1. The van der Waals surface area contributed by atoms with Crippen LogP contribution >= 0.6 is 22.6 Å². The third-order valence-corrected chi connectivity index (χ3v) is 4.92. The molecule has 1 aromatic heterocycles. The Morgan fingerprint density at radius 1 is 1.41 bits per heavy atom. The highest BCUT2D eigenvalue weighted by atomic mass is 127. The van der Waals surface area contributed by atoms with Crippen molar-refractivity contribution in [3.63, 3.8) is 0 Å². The number of para-hydroxylation sites is 1. The van der Waals surface area contributed by atoms with Gasteiger partial charge < -0.3 is 10.3 Å². The molecule has 1 amide bonds. The zero-order valence-corrected chi connectivity index (χ0v) is 14.5. The van der Waals surface area contributed by atoms with Crippen LogP contribution in [0.3, 0.4) is 0 Å². The normalized spacial score (nSPS) is 22.1. The lowest BCUT2D eigenvalue weighted by molar-refractivity contribution is -0.121. The Balaban J connectivity index is 1.63. The smallest absolute Gasteiger partial charge is 0.224 e. The number of fused-ring (bicyclic) bond motifs is 1. The number of halogens is 1. The van der Waals surface area contributed by atoms with E-state index in [0.717, 1.165) is 23.0 Å². The number of rotatable bonds is 4. The second-order valence-electron chi connectivity index (χ2n) is 5.80. The Hall–Kier alpha value is -1.41. The Bertz CT molecular complexity index is 712. The zero-order valence-electron chi connectivity index (χ0n) is 12.3. The number of likely N-dealkylation sites (N-methyl/N-ethyl adjacent to an activating group) is 1. The van der Waals surface area contributed by atoms with Crippen molar-refractivity contribution in [2.75, 3.05) is 13.6 Å². The predicted molar refractivity (Wildman–Crippen MR) is 94.0 cm³/mol. The van der Waals surface area contributed by atoms with Crippen molar-refractivity contribution in [2.24, 2.45) is 0 Å². The maximum absolute atomic E-state index is 12.3. The van der Waals surface area contributed by atoms with Crippen LogP contribution < -0.4 is 5.32 Å². The fourth-order valence-corrected chi connectivity index (χ4v) is 3.83. The van der Waals surface area contributed by atoms with E-state index in [4.69, 9.17) is 0 Å². The van der Waals surface area contributed by atoms with E-state index in [1.54, 1.807) is 0 Å². The summed E-state index contributed by atoms with van der Waals surface area (Å²) in [5, 5.41) is 4.13. The fourth-order valence-electron chi connectivity index (χ4n) is 3.10. The van der Waals surface area contributed by atoms with E-state index < -0.39 is 0 Å². The second-order valence-corrected chi connectivity index (χ2v) is 6.86. The second kappa shape index (κ2) is 6.37. The summed E-state index contributed by atoms with van der Waals surface area (Å²) >= 11 is 1.83. The molecule has 2 aromatic rings. The molecule has 0 bridgehead atoms. The SMILES string of the molecule is CN1C[C@H](NC(=O)Cc2c[nH]c3ccccc23)C[C@@H]1C(=O)I.